The number of aromatic nitrogens is 2. The number of benzene rings is 1. The Bertz CT molecular complexity index is 1490. The zero-order chi connectivity index (χ0) is 29.1. The molecule has 41 heavy (non-hydrogen) atoms. The van der Waals surface area contributed by atoms with E-state index < -0.39 is 18.0 Å². The first kappa shape index (κ1) is 28.3. The monoisotopic (exact) mass is 580 g/mol. The molecule has 0 radical (unpaired) electrons. The van der Waals surface area contributed by atoms with Crippen LogP contribution in [0, 0.1) is 11.7 Å². The van der Waals surface area contributed by atoms with E-state index in [1.165, 1.54) is 19.4 Å². The van der Waals surface area contributed by atoms with Crippen molar-refractivity contribution in [2.45, 2.75) is 44.7 Å². The summed E-state index contributed by atoms with van der Waals surface area (Å²) >= 11 is 5.94. The van der Waals surface area contributed by atoms with Gasteiger partial charge in [-0.3, -0.25) is 20.1 Å². The molecule has 1 fully saturated rings. The minimum Gasteiger partial charge on any atom is -0.453 e. The highest BCUT2D eigenvalue weighted by atomic mass is 35.5. The number of urea groups is 1. The van der Waals surface area contributed by atoms with E-state index >= 15 is 0 Å². The normalized spacial score (nSPS) is 21.0. The zero-order valence-corrected chi connectivity index (χ0v) is 23.4. The number of carbonyl (C=O) groups excluding carboxylic acids is 3. The first-order valence-corrected chi connectivity index (χ1v) is 13.8. The maximum atomic E-state index is 14.6. The lowest BCUT2D eigenvalue weighted by Crippen LogP contribution is -2.50. The third-order valence-electron chi connectivity index (χ3n) is 7.50. The Hall–Kier alpha value is -4.25. The molecule has 3 N–H and O–H groups in total. The maximum absolute atomic E-state index is 14.6. The van der Waals surface area contributed by atoms with Crippen LogP contribution >= 0.6 is 11.6 Å². The molecule has 12 heteroatoms. The van der Waals surface area contributed by atoms with Crippen molar-refractivity contribution in [3.8, 4) is 11.1 Å². The maximum Gasteiger partial charge on any atom is 0.411 e. The SMILES string of the molecule is COC(=O)Nc1ccc2c(c1)NC(=O)[C@@H](C)CCC[C@H](N1CCC(c3nccc(Cl)c3F)NC1=O)c1cc-2ccn1. The number of rotatable bonds is 3. The minimum absolute atomic E-state index is 0.0429. The molecule has 1 unspecified atom stereocenters. The van der Waals surface area contributed by atoms with Crippen LogP contribution in [0.15, 0.2) is 48.8 Å². The molecule has 214 valence electrons. The lowest BCUT2D eigenvalue weighted by Gasteiger charge is -2.38. The van der Waals surface area contributed by atoms with Gasteiger partial charge in [0.2, 0.25) is 5.91 Å². The van der Waals surface area contributed by atoms with Gasteiger partial charge in [0.1, 0.15) is 0 Å². The van der Waals surface area contributed by atoms with Crippen molar-refractivity contribution in [1.82, 2.24) is 20.2 Å². The summed E-state index contributed by atoms with van der Waals surface area (Å²) in [5.41, 5.74) is 3.32. The number of ether oxygens (including phenoxy) is 1. The van der Waals surface area contributed by atoms with Gasteiger partial charge in [-0.15, -0.1) is 0 Å². The van der Waals surface area contributed by atoms with Gasteiger partial charge in [-0.2, -0.15) is 0 Å². The molecule has 2 aliphatic rings. The number of nitrogens with zero attached hydrogens (tertiary/aromatic N) is 3. The summed E-state index contributed by atoms with van der Waals surface area (Å²) in [4.78, 5) is 48.7. The van der Waals surface area contributed by atoms with Gasteiger partial charge in [0.15, 0.2) is 5.82 Å². The Balaban J connectivity index is 1.47. The van der Waals surface area contributed by atoms with E-state index in [-0.39, 0.29) is 34.6 Å². The topological polar surface area (TPSA) is 126 Å². The number of halogens is 2. The molecule has 2 aliphatic heterocycles. The number of pyridine rings is 2. The van der Waals surface area contributed by atoms with Gasteiger partial charge < -0.3 is 20.3 Å². The number of fused-ring (bicyclic) bond motifs is 4. The van der Waals surface area contributed by atoms with E-state index in [2.05, 4.69) is 25.9 Å². The van der Waals surface area contributed by atoms with Gasteiger partial charge in [0.05, 0.1) is 41.3 Å². The standard InChI is InChI=1S/C29H30ClFN6O4/c1-16-4-3-5-24(37-13-10-21(36-28(37)39)26-25(31)20(30)9-12-33-26)23-14-17(8-11-32-23)19-7-6-18(34-29(40)41-2)15-22(19)35-27(16)38/h6-9,11-12,14-16,21,24H,3-5,10,13H2,1-2H3,(H,34,40)(H,35,38)(H,36,39)/t16-,21?,24-/m0/s1. The summed E-state index contributed by atoms with van der Waals surface area (Å²) in [5, 5.41) is 8.48. The van der Waals surface area contributed by atoms with Crippen molar-refractivity contribution in [1.29, 1.82) is 0 Å². The van der Waals surface area contributed by atoms with Gasteiger partial charge in [-0.05, 0) is 55.2 Å². The smallest absolute Gasteiger partial charge is 0.411 e. The Labute approximate surface area is 241 Å². The highest BCUT2D eigenvalue weighted by Crippen LogP contribution is 2.37. The van der Waals surface area contributed by atoms with E-state index in [0.29, 0.717) is 49.3 Å². The average Bonchev–Trinajstić information content (AvgIpc) is 2.96. The number of anilines is 2. The first-order chi connectivity index (χ1) is 19.7. The van der Waals surface area contributed by atoms with E-state index in [1.54, 1.807) is 29.3 Å². The second-order valence-corrected chi connectivity index (χ2v) is 10.6. The molecule has 5 rings (SSSR count). The second-order valence-electron chi connectivity index (χ2n) is 10.2. The Kier molecular flexibility index (Phi) is 8.34. The van der Waals surface area contributed by atoms with Gasteiger partial charge in [0.25, 0.3) is 0 Å². The van der Waals surface area contributed by atoms with Gasteiger partial charge in [0, 0.05) is 36.1 Å². The summed E-state index contributed by atoms with van der Waals surface area (Å²) in [6, 6.07) is 8.98. The first-order valence-electron chi connectivity index (χ1n) is 13.4. The fourth-order valence-electron chi connectivity index (χ4n) is 5.27. The number of methoxy groups -OCH3 is 1. The summed E-state index contributed by atoms with van der Waals surface area (Å²) in [6.07, 6.45) is 4.75. The highest BCUT2D eigenvalue weighted by molar-refractivity contribution is 6.30. The van der Waals surface area contributed by atoms with Crippen LogP contribution in [0.2, 0.25) is 5.02 Å². The van der Waals surface area contributed by atoms with Crippen LogP contribution in [-0.4, -0.2) is 46.6 Å². The molecule has 2 bridgehead atoms. The van der Waals surface area contributed by atoms with E-state index in [4.69, 9.17) is 16.3 Å². The molecule has 3 atom stereocenters. The van der Waals surface area contributed by atoms with Crippen molar-refractivity contribution in [3.05, 3.63) is 71.0 Å². The highest BCUT2D eigenvalue weighted by Gasteiger charge is 2.34. The molecule has 3 aromatic rings. The van der Waals surface area contributed by atoms with E-state index in [9.17, 15) is 18.8 Å². The second kappa shape index (κ2) is 12.1. The number of carbonyl (C=O) groups is 3. The van der Waals surface area contributed by atoms with Crippen molar-refractivity contribution < 1.29 is 23.5 Å². The lowest BCUT2D eigenvalue weighted by atomic mass is 9.94. The van der Waals surface area contributed by atoms with Crippen molar-refractivity contribution in [2.75, 3.05) is 24.3 Å². The van der Waals surface area contributed by atoms with Crippen LogP contribution in [-0.2, 0) is 9.53 Å². The third-order valence-corrected chi connectivity index (χ3v) is 7.79. The zero-order valence-electron chi connectivity index (χ0n) is 22.6. The summed E-state index contributed by atoms with van der Waals surface area (Å²) in [5.74, 6) is -1.09. The molecular formula is C29H30ClFN6O4. The molecule has 0 spiro atoms. The average molecular weight is 581 g/mol. The number of hydrogen-bond acceptors (Lipinski definition) is 6. The molecule has 2 aromatic heterocycles. The molecule has 1 aromatic carbocycles. The van der Waals surface area contributed by atoms with Crippen LogP contribution in [0.5, 0.6) is 0 Å². The van der Waals surface area contributed by atoms with Crippen molar-refractivity contribution in [3.63, 3.8) is 0 Å². The molecular weight excluding hydrogens is 551 g/mol. The summed E-state index contributed by atoms with van der Waals surface area (Å²) in [6.45, 7) is 2.21. The Morgan fingerprint density at radius 1 is 1.12 bits per heavy atom. The van der Waals surface area contributed by atoms with Crippen molar-refractivity contribution in [2.24, 2.45) is 5.92 Å². The van der Waals surface area contributed by atoms with Crippen LogP contribution in [0.1, 0.15) is 56.1 Å². The van der Waals surface area contributed by atoms with Crippen molar-refractivity contribution >= 4 is 41.0 Å². The van der Waals surface area contributed by atoms with Crippen LogP contribution < -0.4 is 16.0 Å². The molecule has 1 saturated heterocycles. The predicted molar refractivity (Wildman–Crippen MR) is 152 cm³/mol. The third kappa shape index (κ3) is 6.09. The Morgan fingerprint density at radius 3 is 2.71 bits per heavy atom. The number of hydrogen-bond donors (Lipinski definition) is 3. The molecule has 0 aliphatic carbocycles. The minimum atomic E-state index is -0.635. The lowest BCUT2D eigenvalue weighted by molar-refractivity contribution is -0.119. The fraction of sp³-hybridized carbons (Fsp3) is 0.345. The van der Waals surface area contributed by atoms with Gasteiger partial charge in [-0.1, -0.05) is 31.0 Å². The van der Waals surface area contributed by atoms with Gasteiger partial charge >= 0.3 is 12.1 Å². The number of amides is 4. The predicted octanol–water partition coefficient (Wildman–Crippen LogP) is 6.07. The van der Waals surface area contributed by atoms with Gasteiger partial charge in [-0.25, -0.2) is 14.0 Å². The Morgan fingerprint density at radius 2 is 1.93 bits per heavy atom. The molecule has 4 heterocycles. The summed E-state index contributed by atoms with van der Waals surface area (Å²) < 4.78 is 19.3. The van der Waals surface area contributed by atoms with E-state index in [1.807, 2.05) is 19.1 Å². The van der Waals surface area contributed by atoms with Crippen LogP contribution in [0.4, 0.5) is 25.4 Å². The van der Waals surface area contributed by atoms with E-state index in [0.717, 1.165) is 11.1 Å². The van der Waals surface area contributed by atoms with Crippen LogP contribution in [0.25, 0.3) is 11.1 Å². The summed E-state index contributed by atoms with van der Waals surface area (Å²) in [7, 11) is 1.27. The molecule has 0 saturated carbocycles. The fourth-order valence-corrected chi connectivity index (χ4v) is 5.42. The quantitative estimate of drug-likeness (QED) is 0.345. The number of nitrogens with one attached hydrogen (secondary N) is 3. The largest absolute Gasteiger partial charge is 0.453 e. The molecule has 4 amide bonds. The van der Waals surface area contributed by atoms with Crippen LogP contribution in [0.3, 0.4) is 0 Å². The molecule has 10 nitrogen and oxygen atoms in total.